The van der Waals surface area contributed by atoms with Crippen LogP contribution in [-0.2, 0) is 11.8 Å². The van der Waals surface area contributed by atoms with Gasteiger partial charge in [0.2, 0.25) is 5.91 Å². The topological polar surface area (TPSA) is 77.0 Å². The second-order valence-corrected chi connectivity index (χ2v) is 6.43. The molecule has 1 aromatic heterocycles. The zero-order chi connectivity index (χ0) is 14.8. The average Bonchev–Trinajstić information content (AvgIpc) is 3.15. The number of hydrogen-bond acceptors (Lipinski definition) is 4. The summed E-state index contributed by atoms with van der Waals surface area (Å²) in [5, 5.41) is 8.16. The fourth-order valence-electron chi connectivity index (χ4n) is 3.90. The van der Waals surface area contributed by atoms with Crippen LogP contribution in [0.1, 0.15) is 43.8 Å². The van der Waals surface area contributed by atoms with Gasteiger partial charge in [0, 0.05) is 32.0 Å². The van der Waals surface area contributed by atoms with Crippen LogP contribution in [0.25, 0.3) is 0 Å². The predicted molar refractivity (Wildman–Crippen MR) is 86.7 cm³/mol. The van der Waals surface area contributed by atoms with Crippen molar-refractivity contribution in [3.8, 4) is 0 Å². The highest BCUT2D eigenvalue weighted by Crippen LogP contribution is 2.34. The number of piperidine rings is 1. The molecule has 1 amide bonds. The lowest BCUT2D eigenvalue weighted by atomic mass is 9.91. The van der Waals surface area contributed by atoms with Crippen LogP contribution >= 0.6 is 12.4 Å². The van der Waals surface area contributed by atoms with Crippen molar-refractivity contribution in [2.24, 2.45) is 24.6 Å². The molecule has 0 radical (unpaired) electrons. The summed E-state index contributed by atoms with van der Waals surface area (Å²) in [7, 11) is 1.98. The molecule has 2 N–H and O–H groups in total. The minimum absolute atomic E-state index is 0. The maximum absolute atomic E-state index is 12.7. The summed E-state index contributed by atoms with van der Waals surface area (Å²) in [5.74, 6) is 2.37. The van der Waals surface area contributed by atoms with E-state index in [0.29, 0.717) is 24.3 Å². The van der Waals surface area contributed by atoms with Crippen molar-refractivity contribution >= 4 is 18.3 Å². The van der Waals surface area contributed by atoms with E-state index in [4.69, 9.17) is 5.73 Å². The third-order valence-electron chi connectivity index (χ3n) is 5.20. The standard InChI is InChI=1S/C15H25N5O.ClH/c1-19-10-17-18-14(19)11-5-7-20(8-6-11)15(21)13-4-2-3-12(13)9-16;/h10-13H,2-9,16H2,1H3;1H/t12-,13-;/m1./s1. The Labute approximate surface area is 137 Å². The molecular weight excluding hydrogens is 302 g/mol. The van der Waals surface area contributed by atoms with Gasteiger partial charge in [-0.3, -0.25) is 4.79 Å². The van der Waals surface area contributed by atoms with Crippen molar-refractivity contribution in [3.63, 3.8) is 0 Å². The van der Waals surface area contributed by atoms with E-state index in [-0.39, 0.29) is 18.3 Å². The van der Waals surface area contributed by atoms with E-state index in [9.17, 15) is 4.79 Å². The van der Waals surface area contributed by atoms with Crippen molar-refractivity contribution in [1.29, 1.82) is 0 Å². The Hall–Kier alpha value is -1.14. The summed E-state index contributed by atoms with van der Waals surface area (Å²) < 4.78 is 1.99. The molecule has 7 heteroatoms. The lowest BCUT2D eigenvalue weighted by Crippen LogP contribution is -2.43. The van der Waals surface area contributed by atoms with Gasteiger partial charge < -0.3 is 15.2 Å². The Bertz CT molecular complexity index is 498. The first-order valence-corrected chi connectivity index (χ1v) is 8.03. The first kappa shape index (κ1) is 17.2. The Balaban J connectivity index is 0.00000176. The minimum Gasteiger partial charge on any atom is -0.342 e. The Morgan fingerprint density at radius 1 is 1.32 bits per heavy atom. The molecule has 1 aliphatic heterocycles. The Morgan fingerprint density at radius 2 is 2.05 bits per heavy atom. The summed E-state index contributed by atoms with van der Waals surface area (Å²) in [4.78, 5) is 14.7. The van der Waals surface area contributed by atoms with Crippen molar-refractivity contribution in [3.05, 3.63) is 12.2 Å². The number of likely N-dealkylation sites (tertiary alicyclic amines) is 1. The zero-order valence-electron chi connectivity index (χ0n) is 13.1. The van der Waals surface area contributed by atoms with Gasteiger partial charge in [0.15, 0.2) is 0 Å². The molecule has 0 bridgehead atoms. The van der Waals surface area contributed by atoms with Gasteiger partial charge in [-0.2, -0.15) is 0 Å². The highest BCUT2D eigenvalue weighted by molar-refractivity contribution is 5.85. The number of aromatic nitrogens is 3. The number of rotatable bonds is 3. The van der Waals surface area contributed by atoms with Crippen molar-refractivity contribution < 1.29 is 4.79 Å². The quantitative estimate of drug-likeness (QED) is 0.908. The molecule has 124 valence electrons. The van der Waals surface area contributed by atoms with Gasteiger partial charge in [0.05, 0.1) is 0 Å². The third kappa shape index (κ3) is 3.27. The number of hydrogen-bond donors (Lipinski definition) is 1. The lowest BCUT2D eigenvalue weighted by molar-refractivity contribution is -0.137. The maximum atomic E-state index is 12.7. The second-order valence-electron chi connectivity index (χ2n) is 6.43. The van der Waals surface area contributed by atoms with E-state index < -0.39 is 0 Å². The highest BCUT2D eigenvalue weighted by Gasteiger charge is 2.36. The molecule has 2 fully saturated rings. The number of carbonyl (C=O) groups is 1. The Kier molecular flexibility index (Phi) is 5.81. The number of nitrogens with zero attached hydrogens (tertiary/aromatic N) is 4. The Morgan fingerprint density at radius 3 is 2.64 bits per heavy atom. The van der Waals surface area contributed by atoms with Crippen molar-refractivity contribution in [2.75, 3.05) is 19.6 Å². The summed E-state index contributed by atoms with van der Waals surface area (Å²) in [6.45, 7) is 2.32. The molecule has 1 saturated carbocycles. The number of aryl methyl sites for hydroxylation is 1. The fourth-order valence-corrected chi connectivity index (χ4v) is 3.90. The maximum Gasteiger partial charge on any atom is 0.226 e. The van der Waals surface area contributed by atoms with Crippen LogP contribution in [-0.4, -0.2) is 45.2 Å². The molecular formula is C15H26ClN5O. The van der Waals surface area contributed by atoms with Gasteiger partial charge >= 0.3 is 0 Å². The molecule has 2 heterocycles. The van der Waals surface area contributed by atoms with E-state index in [1.54, 1.807) is 6.33 Å². The average molecular weight is 328 g/mol. The molecule has 1 saturated heterocycles. The van der Waals surface area contributed by atoms with Gasteiger partial charge in [-0.05, 0) is 38.1 Å². The minimum atomic E-state index is 0. The zero-order valence-corrected chi connectivity index (χ0v) is 14.0. The molecule has 1 aromatic rings. The number of carbonyl (C=O) groups excluding carboxylic acids is 1. The molecule has 3 rings (SSSR count). The summed E-state index contributed by atoms with van der Waals surface area (Å²) in [6.07, 6.45) is 6.99. The SMILES string of the molecule is Cl.Cn1cnnc1C1CCN(C(=O)[C@@H]2CCC[C@@H]2CN)CC1. The lowest BCUT2D eigenvalue weighted by Gasteiger charge is -2.34. The normalized spacial score (nSPS) is 26.0. The second kappa shape index (κ2) is 7.42. The smallest absolute Gasteiger partial charge is 0.226 e. The van der Waals surface area contributed by atoms with Crippen LogP contribution in [0.3, 0.4) is 0 Å². The fraction of sp³-hybridized carbons (Fsp3) is 0.800. The molecule has 6 nitrogen and oxygen atoms in total. The van der Waals surface area contributed by atoms with Crippen LogP contribution in [0, 0.1) is 11.8 Å². The summed E-state index contributed by atoms with van der Waals surface area (Å²) >= 11 is 0. The first-order valence-electron chi connectivity index (χ1n) is 8.03. The first-order chi connectivity index (χ1) is 10.2. The van der Waals surface area contributed by atoms with Gasteiger partial charge in [-0.1, -0.05) is 6.42 Å². The molecule has 1 aliphatic carbocycles. The van der Waals surface area contributed by atoms with E-state index in [2.05, 4.69) is 10.2 Å². The monoisotopic (exact) mass is 327 g/mol. The molecule has 0 spiro atoms. The number of nitrogens with two attached hydrogens (primary N) is 1. The molecule has 22 heavy (non-hydrogen) atoms. The largest absolute Gasteiger partial charge is 0.342 e. The summed E-state index contributed by atoms with van der Waals surface area (Å²) in [6, 6.07) is 0. The van der Waals surface area contributed by atoms with Gasteiger partial charge in [0.25, 0.3) is 0 Å². The van der Waals surface area contributed by atoms with Crippen LogP contribution in [0.4, 0.5) is 0 Å². The molecule has 2 atom stereocenters. The molecule has 0 unspecified atom stereocenters. The van der Waals surface area contributed by atoms with Gasteiger partial charge in [-0.25, -0.2) is 0 Å². The highest BCUT2D eigenvalue weighted by atomic mass is 35.5. The van der Waals surface area contributed by atoms with Gasteiger partial charge in [0.1, 0.15) is 12.2 Å². The van der Waals surface area contributed by atoms with Crippen molar-refractivity contribution in [1.82, 2.24) is 19.7 Å². The molecule has 0 aromatic carbocycles. The van der Waals surface area contributed by atoms with Crippen LogP contribution in [0.5, 0.6) is 0 Å². The van der Waals surface area contributed by atoms with Crippen molar-refractivity contribution in [2.45, 2.75) is 38.0 Å². The van der Waals surface area contributed by atoms with Crippen LogP contribution in [0.15, 0.2) is 6.33 Å². The van der Waals surface area contributed by atoms with E-state index in [1.165, 1.54) is 0 Å². The number of halogens is 1. The third-order valence-corrected chi connectivity index (χ3v) is 5.20. The van der Waals surface area contributed by atoms with Gasteiger partial charge in [-0.15, -0.1) is 22.6 Å². The van der Waals surface area contributed by atoms with Crippen LogP contribution in [0.2, 0.25) is 0 Å². The number of amides is 1. The summed E-state index contributed by atoms with van der Waals surface area (Å²) in [5.41, 5.74) is 5.81. The van der Waals surface area contributed by atoms with Crippen LogP contribution < -0.4 is 5.73 Å². The van der Waals surface area contributed by atoms with E-state index in [0.717, 1.165) is 51.0 Å². The molecule has 2 aliphatic rings. The predicted octanol–water partition coefficient (Wildman–Crippen LogP) is 1.32. The van der Waals surface area contributed by atoms with E-state index >= 15 is 0 Å². The van der Waals surface area contributed by atoms with E-state index in [1.807, 2.05) is 16.5 Å².